The Bertz CT molecular complexity index is 623. The van der Waals surface area contributed by atoms with E-state index in [1.165, 1.54) is 6.07 Å². The van der Waals surface area contributed by atoms with E-state index in [0.717, 1.165) is 29.0 Å². The lowest BCUT2D eigenvalue weighted by Gasteiger charge is -2.05. The molecule has 0 bridgehead atoms. The van der Waals surface area contributed by atoms with Crippen molar-refractivity contribution in [1.29, 1.82) is 0 Å². The number of nitrogens with zero attached hydrogens (tertiary/aromatic N) is 2. The minimum atomic E-state index is -4.30. The van der Waals surface area contributed by atoms with Crippen LogP contribution in [-0.2, 0) is 19.3 Å². The fourth-order valence-corrected chi connectivity index (χ4v) is 3.42. The van der Waals surface area contributed by atoms with Gasteiger partial charge < -0.3 is 24.0 Å². The van der Waals surface area contributed by atoms with Crippen LogP contribution in [0.3, 0.4) is 0 Å². The molecule has 0 fully saturated rings. The number of fused-ring (bicyclic) bond motifs is 1. The first kappa shape index (κ1) is 18.6. The van der Waals surface area contributed by atoms with Crippen LogP contribution in [0.4, 0.5) is 13.2 Å². The molecule has 0 atom stereocenters. The molecule has 0 saturated heterocycles. The zero-order valence-electron chi connectivity index (χ0n) is 12.2. The molecule has 2 rings (SSSR count). The summed E-state index contributed by atoms with van der Waals surface area (Å²) < 4.78 is 42.6. The van der Waals surface area contributed by atoms with Gasteiger partial charge in [-0.25, -0.2) is 9.13 Å². The van der Waals surface area contributed by atoms with Crippen molar-refractivity contribution in [1.82, 2.24) is 4.57 Å². The predicted octanol–water partition coefficient (Wildman–Crippen LogP) is 1.10. The maximum atomic E-state index is 12.9. The van der Waals surface area contributed by atoms with E-state index < -0.39 is 11.7 Å². The summed E-state index contributed by atoms with van der Waals surface area (Å²) in [6.45, 7) is 7.42. The molecule has 0 aliphatic carbocycles. The first-order chi connectivity index (χ1) is 9.43. The molecule has 0 saturated carbocycles. The number of rotatable bonds is 4. The highest BCUT2D eigenvalue weighted by atomic mass is 127. The summed E-state index contributed by atoms with van der Waals surface area (Å²) in [6.07, 6.45) is -4.30. The van der Waals surface area contributed by atoms with Crippen molar-refractivity contribution < 1.29 is 41.7 Å². The third-order valence-corrected chi connectivity index (χ3v) is 4.24. The van der Waals surface area contributed by atoms with E-state index >= 15 is 0 Å². The first-order valence-electron chi connectivity index (χ1n) is 6.70. The van der Waals surface area contributed by atoms with Gasteiger partial charge in [-0.15, -0.1) is 0 Å². The van der Waals surface area contributed by atoms with Gasteiger partial charge in [-0.3, -0.25) is 0 Å². The third-order valence-electron chi connectivity index (χ3n) is 3.25. The Morgan fingerprint density at radius 3 is 2.33 bits per heavy atom. The molecule has 0 unspecified atom stereocenters. The van der Waals surface area contributed by atoms with Gasteiger partial charge in [-0.2, -0.15) is 13.2 Å². The van der Waals surface area contributed by atoms with E-state index in [1.807, 2.05) is 25.3 Å². The van der Waals surface area contributed by atoms with Crippen LogP contribution in [-0.4, -0.2) is 10.3 Å². The van der Waals surface area contributed by atoms with Gasteiger partial charge in [0.05, 0.1) is 18.7 Å². The highest BCUT2D eigenvalue weighted by molar-refractivity contribution is 7.99. The van der Waals surface area contributed by atoms with Crippen molar-refractivity contribution in [2.45, 2.75) is 45.2 Å². The highest BCUT2D eigenvalue weighted by Crippen LogP contribution is 2.32. The number of halogens is 4. The number of benzene rings is 1. The fraction of sp³-hybridized carbons (Fsp3) is 0.500. The van der Waals surface area contributed by atoms with Crippen LogP contribution in [0.25, 0.3) is 11.0 Å². The molecular formula is C14H18F3IN2S. The van der Waals surface area contributed by atoms with E-state index in [1.54, 1.807) is 17.8 Å². The average molecular weight is 430 g/mol. The van der Waals surface area contributed by atoms with Crippen LogP contribution in [0.2, 0.25) is 0 Å². The standard InChI is InChI=1S/C14H18F3N2S.HI/c1-4-18-11-8-7-10(14(15,16)17)9-12(11)19(5-2)13(18)20-6-3;/h7-9H,4-6H2,1-3H3;1H/q+1;/p-1. The third kappa shape index (κ3) is 3.49. The second-order valence-electron chi connectivity index (χ2n) is 4.41. The number of imidazole rings is 1. The molecule has 118 valence electrons. The Balaban J connectivity index is 0.00000220. The zero-order chi connectivity index (χ0) is 14.9. The summed E-state index contributed by atoms with van der Waals surface area (Å²) in [5, 5.41) is 1.02. The van der Waals surface area contributed by atoms with E-state index in [9.17, 15) is 13.2 Å². The van der Waals surface area contributed by atoms with Crippen molar-refractivity contribution in [3.8, 4) is 0 Å². The molecule has 0 spiro atoms. The molecule has 2 nitrogen and oxygen atoms in total. The average Bonchev–Trinajstić information content (AvgIpc) is 2.69. The smallest absolute Gasteiger partial charge is 0.416 e. The van der Waals surface area contributed by atoms with Crippen molar-refractivity contribution in [2.24, 2.45) is 0 Å². The lowest BCUT2D eigenvalue weighted by Crippen LogP contribution is -3.00. The largest absolute Gasteiger partial charge is 1.00 e. The predicted molar refractivity (Wildman–Crippen MR) is 74.9 cm³/mol. The number of hydrogen-bond acceptors (Lipinski definition) is 1. The molecule has 0 N–H and O–H groups in total. The topological polar surface area (TPSA) is 8.81 Å². The molecule has 21 heavy (non-hydrogen) atoms. The fourth-order valence-electron chi connectivity index (χ4n) is 2.39. The number of hydrogen-bond donors (Lipinski definition) is 0. The molecule has 1 aromatic heterocycles. The summed E-state index contributed by atoms with van der Waals surface area (Å²) >= 11 is 1.66. The van der Waals surface area contributed by atoms with Gasteiger partial charge >= 0.3 is 11.3 Å². The normalized spacial score (nSPS) is 11.7. The van der Waals surface area contributed by atoms with Crippen molar-refractivity contribution >= 4 is 22.8 Å². The van der Waals surface area contributed by atoms with E-state index in [4.69, 9.17) is 0 Å². The molecule has 7 heteroatoms. The van der Waals surface area contributed by atoms with Crippen molar-refractivity contribution in [2.75, 3.05) is 5.75 Å². The number of alkyl halides is 3. The van der Waals surface area contributed by atoms with Crippen LogP contribution < -0.4 is 28.5 Å². The van der Waals surface area contributed by atoms with Gasteiger partial charge in [0.15, 0.2) is 11.0 Å². The lowest BCUT2D eigenvalue weighted by atomic mass is 10.2. The summed E-state index contributed by atoms with van der Waals surface area (Å²) in [7, 11) is 0. The van der Waals surface area contributed by atoms with Gasteiger partial charge in [0.25, 0.3) is 0 Å². The maximum absolute atomic E-state index is 12.9. The number of thioether (sulfide) groups is 1. The molecule has 1 aromatic carbocycles. The van der Waals surface area contributed by atoms with E-state index in [2.05, 4.69) is 4.57 Å². The molecular weight excluding hydrogens is 412 g/mol. The van der Waals surface area contributed by atoms with Gasteiger partial charge in [-0.05, 0) is 37.7 Å². The Hall–Kier alpha value is -0.440. The lowest BCUT2D eigenvalue weighted by molar-refractivity contribution is -0.706. The summed E-state index contributed by atoms with van der Waals surface area (Å²) in [6, 6.07) is 3.99. The van der Waals surface area contributed by atoms with Gasteiger partial charge in [-0.1, -0.05) is 6.92 Å². The molecule has 0 amide bonds. The Morgan fingerprint density at radius 1 is 1.19 bits per heavy atom. The zero-order valence-corrected chi connectivity index (χ0v) is 15.1. The Labute approximate surface area is 143 Å². The molecule has 2 aromatic rings. The Kier molecular flexibility index (Phi) is 6.39. The quantitative estimate of drug-likeness (QED) is 0.401. The van der Waals surface area contributed by atoms with Crippen molar-refractivity contribution in [3.63, 3.8) is 0 Å². The van der Waals surface area contributed by atoms with Gasteiger partial charge in [0, 0.05) is 11.8 Å². The second-order valence-corrected chi connectivity index (χ2v) is 5.64. The summed E-state index contributed by atoms with van der Waals surface area (Å²) in [5.41, 5.74) is 0.923. The van der Waals surface area contributed by atoms with Crippen LogP contribution in [0.1, 0.15) is 26.3 Å². The number of aromatic nitrogens is 2. The van der Waals surface area contributed by atoms with E-state index in [-0.39, 0.29) is 24.0 Å². The minimum absolute atomic E-state index is 0. The summed E-state index contributed by atoms with van der Waals surface area (Å²) in [5.74, 6) is 0.891. The second kappa shape index (κ2) is 7.21. The monoisotopic (exact) mass is 430 g/mol. The van der Waals surface area contributed by atoms with Crippen LogP contribution in [0, 0.1) is 0 Å². The van der Waals surface area contributed by atoms with Crippen LogP contribution >= 0.6 is 11.8 Å². The SMILES string of the molecule is CCSc1n(CC)c2cc(C(F)(F)F)ccc2[n+]1CC.[I-]. The van der Waals surface area contributed by atoms with E-state index in [0.29, 0.717) is 12.1 Å². The minimum Gasteiger partial charge on any atom is -1.00 e. The molecule has 0 aliphatic heterocycles. The maximum Gasteiger partial charge on any atom is 0.416 e. The Morgan fingerprint density at radius 2 is 1.86 bits per heavy atom. The molecule has 1 heterocycles. The van der Waals surface area contributed by atoms with Gasteiger partial charge in [0.1, 0.15) is 0 Å². The van der Waals surface area contributed by atoms with Crippen LogP contribution in [0.15, 0.2) is 23.4 Å². The summed E-state index contributed by atoms with van der Waals surface area (Å²) in [4.78, 5) is 0. The molecule has 0 aliphatic rings. The molecule has 0 radical (unpaired) electrons. The van der Waals surface area contributed by atoms with Gasteiger partial charge in [0.2, 0.25) is 0 Å². The number of aryl methyl sites for hydroxylation is 2. The van der Waals surface area contributed by atoms with Crippen molar-refractivity contribution in [3.05, 3.63) is 23.8 Å². The van der Waals surface area contributed by atoms with Crippen LogP contribution in [0.5, 0.6) is 0 Å². The highest BCUT2D eigenvalue weighted by Gasteiger charge is 2.33. The first-order valence-corrected chi connectivity index (χ1v) is 7.68.